The van der Waals surface area contributed by atoms with Crippen molar-refractivity contribution in [1.82, 2.24) is 0 Å². The molecule has 0 amide bonds. The summed E-state index contributed by atoms with van der Waals surface area (Å²) in [5, 5.41) is 16.9. The van der Waals surface area contributed by atoms with Gasteiger partial charge in [0.15, 0.2) is 6.10 Å². The van der Waals surface area contributed by atoms with Crippen LogP contribution in [0.4, 0.5) is 0 Å². The average molecular weight is 146 g/mol. The smallest absolute Gasteiger partial charge is 0.333 e. The number of aliphatic carboxylic acids is 1. The first-order valence-corrected chi connectivity index (χ1v) is 2.88. The third-order valence-corrected chi connectivity index (χ3v) is 1.37. The Bertz CT molecular complexity index is 134. The molecule has 0 saturated heterocycles. The van der Waals surface area contributed by atoms with Crippen molar-refractivity contribution in [2.45, 2.75) is 20.0 Å². The minimum Gasteiger partial charge on any atom is -0.479 e. The zero-order chi connectivity index (χ0) is 8.31. The summed E-state index contributed by atoms with van der Waals surface area (Å²) in [5.74, 6) is -2.50. The highest BCUT2D eigenvalue weighted by molar-refractivity contribution is 5.85. The Labute approximate surface area is 58.5 Å². The molecule has 0 rings (SSSR count). The molecule has 10 heavy (non-hydrogen) atoms. The molecule has 0 heterocycles. The quantitative estimate of drug-likeness (QED) is 0.571. The van der Waals surface area contributed by atoms with Gasteiger partial charge in [-0.2, -0.15) is 0 Å². The summed E-state index contributed by atoms with van der Waals surface area (Å²) in [6.45, 7) is 2.62. The minimum atomic E-state index is -1.57. The van der Waals surface area contributed by atoms with Crippen LogP contribution in [0, 0.1) is 5.92 Å². The number of aliphatic hydroxyl groups is 1. The normalized spacial score (nSPS) is 15.9. The molecular weight excluding hydrogens is 136 g/mol. The van der Waals surface area contributed by atoms with Gasteiger partial charge in [-0.3, -0.25) is 4.79 Å². The number of ketones is 1. The Balaban J connectivity index is 4.07. The fourth-order valence-electron chi connectivity index (χ4n) is 0.436. The molecule has 0 spiro atoms. The number of hydrogen-bond donors (Lipinski definition) is 2. The van der Waals surface area contributed by atoms with Gasteiger partial charge in [0, 0.05) is 0 Å². The van der Waals surface area contributed by atoms with Gasteiger partial charge in [0.05, 0.1) is 5.92 Å². The van der Waals surface area contributed by atoms with Crippen molar-refractivity contribution in [3.05, 3.63) is 0 Å². The fourth-order valence-corrected chi connectivity index (χ4v) is 0.436. The molecule has 0 unspecified atom stereocenters. The van der Waals surface area contributed by atoms with Crippen molar-refractivity contribution in [2.75, 3.05) is 0 Å². The van der Waals surface area contributed by atoms with Crippen molar-refractivity contribution in [3.8, 4) is 0 Å². The van der Waals surface area contributed by atoms with E-state index in [9.17, 15) is 9.59 Å². The highest BCUT2D eigenvalue weighted by Crippen LogP contribution is 2.03. The topological polar surface area (TPSA) is 74.6 Å². The lowest BCUT2D eigenvalue weighted by molar-refractivity contribution is -0.152. The molecule has 0 aliphatic heterocycles. The van der Waals surface area contributed by atoms with Crippen LogP contribution in [-0.4, -0.2) is 28.1 Å². The van der Waals surface area contributed by atoms with E-state index in [2.05, 4.69) is 0 Å². The Hall–Kier alpha value is -0.900. The SMILES string of the molecule is CC(=O)[C@H](C)[C@H](O)C(=O)O. The Kier molecular flexibility index (Phi) is 3.02. The predicted molar refractivity (Wildman–Crippen MR) is 33.5 cm³/mol. The average Bonchev–Trinajstić information content (AvgIpc) is 1.84. The summed E-state index contributed by atoms with van der Waals surface area (Å²) in [6.07, 6.45) is -1.57. The van der Waals surface area contributed by atoms with Crippen LogP contribution < -0.4 is 0 Å². The van der Waals surface area contributed by atoms with Crippen molar-refractivity contribution < 1.29 is 19.8 Å². The maximum absolute atomic E-state index is 10.5. The van der Waals surface area contributed by atoms with Gasteiger partial charge in [0.1, 0.15) is 5.78 Å². The minimum absolute atomic E-state index is 0.324. The van der Waals surface area contributed by atoms with E-state index in [1.54, 1.807) is 0 Å². The lowest BCUT2D eigenvalue weighted by Crippen LogP contribution is -2.31. The van der Waals surface area contributed by atoms with Crippen molar-refractivity contribution in [3.63, 3.8) is 0 Å². The van der Waals surface area contributed by atoms with Crippen LogP contribution in [0.1, 0.15) is 13.8 Å². The van der Waals surface area contributed by atoms with Crippen LogP contribution in [0.25, 0.3) is 0 Å². The van der Waals surface area contributed by atoms with Crippen LogP contribution in [0.15, 0.2) is 0 Å². The molecular formula is C6H10O4. The van der Waals surface area contributed by atoms with Gasteiger partial charge in [-0.1, -0.05) is 6.92 Å². The van der Waals surface area contributed by atoms with E-state index in [1.807, 2.05) is 0 Å². The summed E-state index contributed by atoms with van der Waals surface area (Å²) >= 11 is 0. The summed E-state index contributed by atoms with van der Waals surface area (Å²) in [7, 11) is 0. The van der Waals surface area contributed by atoms with Crippen LogP contribution in [0.2, 0.25) is 0 Å². The maximum Gasteiger partial charge on any atom is 0.333 e. The van der Waals surface area contributed by atoms with Crippen molar-refractivity contribution in [2.24, 2.45) is 5.92 Å². The molecule has 0 aromatic carbocycles. The van der Waals surface area contributed by atoms with E-state index in [1.165, 1.54) is 13.8 Å². The fraction of sp³-hybridized carbons (Fsp3) is 0.667. The van der Waals surface area contributed by atoms with Gasteiger partial charge in [-0.05, 0) is 6.92 Å². The summed E-state index contributed by atoms with van der Waals surface area (Å²) in [5.41, 5.74) is 0. The van der Waals surface area contributed by atoms with E-state index < -0.39 is 18.0 Å². The Morgan fingerprint density at radius 3 is 1.90 bits per heavy atom. The number of Topliss-reactive ketones (excluding diaryl/α,β-unsaturated/α-hetero) is 1. The lowest BCUT2D eigenvalue weighted by atomic mass is 10.0. The van der Waals surface area contributed by atoms with Gasteiger partial charge in [-0.15, -0.1) is 0 Å². The molecule has 0 aromatic heterocycles. The molecule has 58 valence electrons. The van der Waals surface area contributed by atoms with Crippen LogP contribution in [0.3, 0.4) is 0 Å². The van der Waals surface area contributed by atoms with Crippen LogP contribution in [-0.2, 0) is 9.59 Å². The number of carbonyl (C=O) groups excluding carboxylic acids is 1. The van der Waals surface area contributed by atoms with Gasteiger partial charge < -0.3 is 10.2 Å². The molecule has 2 atom stereocenters. The first-order chi connectivity index (χ1) is 4.46. The van der Waals surface area contributed by atoms with Crippen molar-refractivity contribution in [1.29, 1.82) is 0 Å². The monoisotopic (exact) mass is 146 g/mol. The Morgan fingerprint density at radius 2 is 1.80 bits per heavy atom. The number of aliphatic hydroxyl groups excluding tert-OH is 1. The third kappa shape index (κ3) is 2.14. The number of carboxylic acids is 1. The maximum atomic E-state index is 10.5. The number of carbonyl (C=O) groups is 2. The predicted octanol–water partition coefficient (Wildman–Crippen LogP) is -0.343. The van der Waals surface area contributed by atoms with Gasteiger partial charge in [0.25, 0.3) is 0 Å². The molecule has 0 aliphatic rings. The molecule has 0 saturated carbocycles. The zero-order valence-corrected chi connectivity index (χ0v) is 5.87. The number of hydrogen-bond acceptors (Lipinski definition) is 3. The van der Waals surface area contributed by atoms with E-state index in [-0.39, 0.29) is 5.78 Å². The first kappa shape index (κ1) is 9.10. The molecule has 0 aliphatic carbocycles. The molecule has 0 radical (unpaired) electrons. The molecule has 4 heteroatoms. The molecule has 0 fully saturated rings. The first-order valence-electron chi connectivity index (χ1n) is 2.88. The molecule has 2 N–H and O–H groups in total. The van der Waals surface area contributed by atoms with E-state index in [0.29, 0.717) is 0 Å². The Morgan fingerprint density at radius 1 is 1.40 bits per heavy atom. The summed E-state index contributed by atoms with van der Waals surface area (Å²) < 4.78 is 0. The van der Waals surface area contributed by atoms with Gasteiger partial charge in [0.2, 0.25) is 0 Å². The summed E-state index contributed by atoms with van der Waals surface area (Å²) in [6, 6.07) is 0. The number of rotatable bonds is 3. The highest BCUT2D eigenvalue weighted by Gasteiger charge is 2.24. The lowest BCUT2D eigenvalue weighted by Gasteiger charge is -2.09. The van der Waals surface area contributed by atoms with Crippen LogP contribution in [0.5, 0.6) is 0 Å². The van der Waals surface area contributed by atoms with Crippen molar-refractivity contribution >= 4 is 11.8 Å². The highest BCUT2D eigenvalue weighted by atomic mass is 16.4. The standard InChI is InChI=1S/C6H10O4/c1-3(4(2)7)5(8)6(9)10/h3,5,8H,1-2H3,(H,9,10)/t3-,5-/m0/s1. The zero-order valence-electron chi connectivity index (χ0n) is 5.87. The van der Waals surface area contributed by atoms with E-state index in [4.69, 9.17) is 10.2 Å². The molecule has 0 bridgehead atoms. The second-order valence-electron chi connectivity index (χ2n) is 2.18. The largest absolute Gasteiger partial charge is 0.479 e. The second-order valence-corrected chi connectivity index (χ2v) is 2.18. The second kappa shape index (κ2) is 3.31. The van der Waals surface area contributed by atoms with Crippen LogP contribution >= 0.6 is 0 Å². The van der Waals surface area contributed by atoms with Gasteiger partial charge >= 0.3 is 5.97 Å². The van der Waals surface area contributed by atoms with Gasteiger partial charge in [-0.25, -0.2) is 4.79 Å². The number of carboxylic acid groups (broad SMARTS) is 1. The molecule has 0 aromatic rings. The molecule has 4 nitrogen and oxygen atoms in total. The van der Waals surface area contributed by atoms with E-state index in [0.717, 1.165) is 0 Å². The third-order valence-electron chi connectivity index (χ3n) is 1.37. The summed E-state index contributed by atoms with van der Waals surface area (Å²) in [4.78, 5) is 20.5. The van der Waals surface area contributed by atoms with E-state index >= 15 is 0 Å².